The first-order valence-electron chi connectivity index (χ1n) is 8.20. The molecule has 0 aromatic heterocycles. The molecule has 2 rings (SSSR count). The molecule has 25 heavy (non-hydrogen) atoms. The van der Waals surface area contributed by atoms with Gasteiger partial charge in [0.05, 0.1) is 12.2 Å². The van der Waals surface area contributed by atoms with Crippen molar-refractivity contribution in [3.05, 3.63) is 64.7 Å². The maximum Gasteiger partial charge on any atom is 0.300 e. The molecule has 2 aromatic carbocycles. The van der Waals surface area contributed by atoms with Crippen molar-refractivity contribution >= 4 is 18.2 Å². The largest absolute Gasteiger partial charge is 0.388 e. The number of aryl methyl sites for hydroxylation is 3. The van der Waals surface area contributed by atoms with Crippen molar-refractivity contribution in [2.75, 3.05) is 6.61 Å². The molecule has 1 atom stereocenters. The summed E-state index contributed by atoms with van der Waals surface area (Å²) >= 11 is 0. The summed E-state index contributed by atoms with van der Waals surface area (Å²) in [5.41, 5.74) is 1.28. The van der Waals surface area contributed by atoms with Crippen LogP contribution in [0.3, 0.4) is 0 Å². The summed E-state index contributed by atoms with van der Waals surface area (Å²) in [6.45, 7) is 8.52. The molecule has 0 heterocycles. The number of aliphatic hydroxyl groups is 1. The second kappa shape index (κ2) is 7.25. The lowest BCUT2D eigenvalue weighted by Crippen LogP contribution is -2.28. The Morgan fingerprint density at radius 1 is 1.08 bits per heavy atom. The van der Waals surface area contributed by atoms with Crippen LogP contribution in [0.5, 0.6) is 0 Å². The molecule has 4 nitrogen and oxygen atoms in total. The number of benzene rings is 2. The molecule has 0 spiro atoms. The van der Waals surface area contributed by atoms with Gasteiger partial charge in [0.25, 0.3) is 5.52 Å². The monoisotopic (exact) mass is 360 g/mol. The summed E-state index contributed by atoms with van der Waals surface area (Å²) in [6, 6.07) is 12.3. The standard InChI is InChI=1S/C20H25O4P/c1-14-11-15(2)18(16(3)12-14)19(21)25(23,24-13-20(4,5)22)17-9-7-6-8-10-17/h6-12,22H,13H2,1-5H3. The minimum absolute atomic E-state index is 0.200. The molecule has 134 valence electrons. The van der Waals surface area contributed by atoms with Crippen molar-refractivity contribution in [2.45, 2.75) is 40.2 Å². The average Bonchev–Trinajstić information content (AvgIpc) is 2.51. The van der Waals surface area contributed by atoms with Crippen molar-refractivity contribution in [3.63, 3.8) is 0 Å². The first-order valence-corrected chi connectivity index (χ1v) is 9.82. The van der Waals surface area contributed by atoms with E-state index in [0.717, 1.165) is 16.7 Å². The van der Waals surface area contributed by atoms with E-state index in [9.17, 15) is 14.5 Å². The van der Waals surface area contributed by atoms with Crippen molar-refractivity contribution in [3.8, 4) is 0 Å². The fourth-order valence-electron chi connectivity index (χ4n) is 2.79. The second-order valence-electron chi connectivity index (χ2n) is 7.05. The smallest absolute Gasteiger partial charge is 0.300 e. The SMILES string of the molecule is Cc1cc(C)c(C(=O)P(=O)(OCC(C)(C)O)c2ccccc2)c(C)c1. The summed E-state index contributed by atoms with van der Waals surface area (Å²) in [5, 5.41) is 10.3. The van der Waals surface area contributed by atoms with Crippen LogP contribution in [0.15, 0.2) is 42.5 Å². The number of hydrogen-bond acceptors (Lipinski definition) is 4. The normalized spacial score (nSPS) is 14.2. The van der Waals surface area contributed by atoms with Gasteiger partial charge in [-0.25, -0.2) is 0 Å². The lowest BCUT2D eigenvalue weighted by Gasteiger charge is -2.24. The molecule has 0 saturated heterocycles. The summed E-state index contributed by atoms with van der Waals surface area (Å²) in [5.74, 6) is 0. The van der Waals surface area contributed by atoms with E-state index in [4.69, 9.17) is 4.52 Å². The predicted octanol–water partition coefficient (Wildman–Crippen LogP) is 4.14. The maximum absolute atomic E-state index is 13.7. The van der Waals surface area contributed by atoms with Gasteiger partial charge in [-0.2, -0.15) is 0 Å². The average molecular weight is 360 g/mol. The van der Waals surface area contributed by atoms with Gasteiger partial charge >= 0.3 is 7.37 Å². The summed E-state index contributed by atoms with van der Waals surface area (Å²) in [7, 11) is -3.85. The highest BCUT2D eigenvalue weighted by Gasteiger charge is 2.39. The lowest BCUT2D eigenvalue weighted by molar-refractivity contribution is 0.0300. The minimum Gasteiger partial charge on any atom is -0.388 e. The van der Waals surface area contributed by atoms with E-state index < -0.39 is 18.5 Å². The number of carbonyl (C=O) groups excluding carboxylic acids is 1. The Kier molecular flexibility index (Phi) is 5.68. The van der Waals surface area contributed by atoms with E-state index in [2.05, 4.69) is 0 Å². The predicted molar refractivity (Wildman–Crippen MR) is 101 cm³/mol. The Balaban J connectivity index is 2.57. The van der Waals surface area contributed by atoms with Gasteiger partial charge < -0.3 is 9.63 Å². The highest BCUT2D eigenvalue weighted by atomic mass is 31.2. The van der Waals surface area contributed by atoms with Crippen molar-refractivity contribution in [2.24, 2.45) is 0 Å². The molecule has 0 fully saturated rings. The van der Waals surface area contributed by atoms with E-state index in [1.807, 2.05) is 32.9 Å². The van der Waals surface area contributed by atoms with E-state index in [0.29, 0.717) is 10.9 Å². The van der Waals surface area contributed by atoms with E-state index in [1.54, 1.807) is 44.2 Å². The molecule has 1 unspecified atom stereocenters. The summed E-state index contributed by atoms with van der Waals surface area (Å²) in [4.78, 5) is 13.3. The molecule has 2 aromatic rings. The van der Waals surface area contributed by atoms with Crippen LogP contribution in [0.4, 0.5) is 0 Å². The number of rotatable bonds is 6. The lowest BCUT2D eigenvalue weighted by atomic mass is 10.0. The number of hydrogen-bond donors (Lipinski definition) is 1. The van der Waals surface area contributed by atoms with Crippen LogP contribution in [0.25, 0.3) is 0 Å². The van der Waals surface area contributed by atoms with Gasteiger partial charge in [0, 0.05) is 10.9 Å². The summed E-state index contributed by atoms with van der Waals surface area (Å²) < 4.78 is 19.3. The van der Waals surface area contributed by atoms with Gasteiger partial charge in [0.15, 0.2) is 0 Å². The Bertz CT molecular complexity index is 796. The van der Waals surface area contributed by atoms with Crippen LogP contribution in [-0.2, 0) is 9.09 Å². The van der Waals surface area contributed by atoms with Gasteiger partial charge in [-0.15, -0.1) is 0 Å². The molecule has 0 bridgehead atoms. The molecule has 5 heteroatoms. The van der Waals surface area contributed by atoms with Crippen LogP contribution in [0.2, 0.25) is 0 Å². The van der Waals surface area contributed by atoms with E-state index in [1.165, 1.54) is 0 Å². The zero-order valence-electron chi connectivity index (χ0n) is 15.4. The molecule has 0 radical (unpaired) electrons. The quantitative estimate of drug-likeness (QED) is 0.787. The molecular weight excluding hydrogens is 335 g/mol. The highest BCUT2D eigenvalue weighted by molar-refractivity contribution is 7.83. The Morgan fingerprint density at radius 2 is 1.60 bits per heavy atom. The van der Waals surface area contributed by atoms with Crippen LogP contribution in [0, 0.1) is 20.8 Å². The van der Waals surface area contributed by atoms with Crippen molar-refractivity contribution in [1.82, 2.24) is 0 Å². The minimum atomic E-state index is -3.85. The van der Waals surface area contributed by atoms with Crippen LogP contribution in [0.1, 0.15) is 40.9 Å². The summed E-state index contributed by atoms with van der Waals surface area (Å²) in [6.07, 6.45) is 0. The van der Waals surface area contributed by atoms with Crippen LogP contribution < -0.4 is 5.30 Å². The fraction of sp³-hybridized carbons (Fsp3) is 0.350. The third-order valence-corrected chi connectivity index (χ3v) is 6.08. The van der Waals surface area contributed by atoms with Crippen LogP contribution >= 0.6 is 7.37 Å². The third-order valence-electron chi connectivity index (χ3n) is 3.85. The Labute approximate surface area is 149 Å². The third kappa shape index (κ3) is 4.46. The van der Waals surface area contributed by atoms with E-state index in [-0.39, 0.29) is 6.61 Å². The highest BCUT2D eigenvalue weighted by Crippen LogP contribution is 2.50. The molecule has 0 aliphatic heterocycles. The van der Waals surface area contributed by atoms with Gasteiger partial charge in [-0.3, -0.25) is 9.36 Å². The maximum atomic E-state index is 13.7. The van der Waals surface area contributed by atoms with Gasteiger partial charge in [0.1, 0.15) is 0 Å². The molecule has 0 aliphatic rings. The van der Waals surface area contributed by atoms with Crippen molar-refractivity contribution < 1.29 is 19.0 Å². The molecule has 0 amide bonds. The molecular formula is C20H25O4P. The topological polar surface area (TPSA) is 63.6 Å². The zero-order valence-corrected chi connectivity index (χ0v) is 16.3. The van der Waals surface area contributed by atoms with Crippen LogP contribution in [-0.4, -0.2) is 22.8 Å². The molecule has 0 aliphatic carbocycles. The Morgan fingerprint density at radius 3 is 2.08 bits per heavy atom. The van der Waals surface area contributed by atoms with E-state index >= 15 is 0 Å². The Hall–Kier alpha value is -1.74. The van der Waals surface area contributed by atoms with Crippen molar-refractivity contribution in [1.29, 1.82) is 0 Å². The van der Waals surface area contributed by atoms with Gasteiger partial charge in [-0.1, -0.05) is 35.9 Å². The second-order valence-corrected chi connectivity index (χ2v) is 9.34. The first kappa shape index (κ1) is 19.6. The van der Waals surface area contributed by atoms with Gasteiger partial charge in [-0.05, 0) is 57.9 Å². The van der Waals surface area contributed by atoms with Gasteiger partial charge in [0.2, 0.25) is 0 Å². The molecule has 0 saturated carbocycles. The molecule has 1 N–H and O–H groups in total. The number of carbonyl (C=O) groups is 1. The first-order chi connectivity index (χ1) is 11.5. The zero-order chi connectivity index (χ0) is 18.8. The fourth-order valence-corrected chi connectivity index (χ4v) is 5.00.